The summed E-state index contributed by atoms with van der Waals surface area (Å²) < 4.78 is 5.23. The number of hydrogen-bond donors (Lipinski definition) is 1. The van der Waals surface area contributed by atoms with Crippen molar-refractivity contribution in [2.24, 2.45) is 0 Å². The molecule has 1 fully saturated rings. The number of carbonyl (C=O) groups is 1. The van der Waals surface area contributed by atoms with Crippen LogP contribution in [0.3, 0.4) is 0 Å². The Labute approximate surface area is 133 Å². The zero-order valence-electron chi connectivity index (χ0n) is 11.8. The molecular weight excluding hydrogens is 304 g/mol. The first-order chi connectivity index (χ1) is 10.7. The molecule has 1 aromatic carbocycles. The van der Waals surface area contributed by atoms with Gasteiger partial charge in [-0.15, -0.1) is 10.2 Å². The van der Waals surface area contributed by atoms with E-state index >= 15 is 0 Å². The number of nitrogens with one attached hydrogen (secondary N) is 1. The van der Waals surface area contributed by atoms with Crippen LogP contribution in [0.15, 0.2) is 36.4 Å². The van der Waals surface area contributed by atoms with E-state index in [0.29, 0.717) is 42.8 Å². The van der Waals surface area contributed by atoms with E-state index in [2.05, 4.69) is 15.5 Å². The van der Waals surface area contributed by atoms with Gasteiger partial charge in [0.25, 0.3) is 5.91 Å². The summed E-state index contributed by atoms with van der Waals surface area (Å²) in [4.78, 5) is 14.0. The van der Waals surface area contributed by atoms with Gasteiger partial charge in [-0.2, -0.15) is 0 Å². The average Bonchev–Trinajstić information content (AvgIpc) is 2.58. The SMILES string of the molecule is O=C(c1ccc(Nc2ccc(Cl)cc2)nn1)N1CCOCC1. The summed E-state index contributed by atoms with van der Waals surface area (Å²) in [6, 6.07) is 10.7. The first-order valence-corrected chi connectivity index (χ1v) is 7.33. The van der Waals surface area contributed by atoms with E-state index in [-0.39, 0.29) is 5.91 Å². The van der Waals surface area contributed by atoms with Crippen LogP contribution >= 0.6 is 11.6 Å². The summed E-state index contributed by atoms with van der Waals surface area (Å²) >= 11 is 5.84. The molecule has 0 saturated carbocycles. The molecule has 0 bridgehead atoms. The van der Waals surface area contributed by atoms with Gasteiger partial charge in [0.05, 0.1) is 13.2 Å². The van der Waals surface area contributed by atoms with Gasteiger partial charge in [-0.3, -0.25) is 4.79 Å². The van der Waals surface area contributed by atoms with Crippen LogP contribution in [0.5, 0.6) is 0 Å². The molecule has 114 valence electrons. The van der Waals surface area contributed by atoms with Crippen LogP contribution < -0.4 is 5.32 Å². The highest BCUT2D eigenvalue weighted by molar-refractivity contribution is 6.30. The highest BCUT2D eigenvalue weighted by Crippen LogP contribution is 2.17. The molecule has 1 aliphatic rings. The van der Waals surface area contributed by atoms with Crippen molar-refractivity contribution in [1.29, 1.82) is 0 Å². The minimum Gasteiger partial charge on any atom is -0.378 e. The number of anilines is 2. The predicted octanol–water partition coefficient (Wildman–Crippen LogP) is 2.35. The van der Waals surface area contributed by atoms with Gasteiger partial charge in [0.2, 0.25) is 0 Å². The normalized spacial score (nSPS) is 14.7. The van der Waals surface area contributed by atoms with Gasteiger partial charge in [0, 0.05) is 23.8 Å². The fraction of sp³-hybridized carbons (Fsp3) is 0.267. The summed E-state index contributed by atoms with van der Waals surface area (Å²) in [6.07, 6.45) is 0. The van der Waals surface area contributed by atoms with Gasteiger partial charge >= 0.3 is 0 Å². The number of benzene rings is 1. The maximum absolute atomic E-state index is 12.2. The number of halogens is 1. The van der Waals surface area contributed by atoms with E-state index in [1.807, 2.05) is 12.1 Å². The fourth-order valence-electron chi connectivity index (χ4n) is 2.12. The van der Waals surface area contributed by atoms with Crippen LogP contribution in [0.2, 0.25) is 5.02 Å². The quantitative estimate of drug-likeness (QED) is 0.941. The standard InChI is InChI=1S/C15H15ClN4O2/c16-11-1-3-12(4-2-11)17-14-6-5-13(18-19-14)15(21)20-7-9-22-10-8-20/h1-6H,7-10H2,(H,17,19). The number of amides is 1. The molecule has 7 heteroatoms. The Morgan fingerprint density at radius 2 is 1.82 bits per heavy atom. The summed E-state index contributed by atoms with van der Waals surface area (Å²) in [7, 11) is 0. The summed E-state index contributed by atoms with van der Waals surface area (Å²) in [6.45, 7) is 2.31. The van der Waals surface area contributed by atoms with E-state index in [0.717, 1.165) is 5.69 Å². The molecule has 0 atom stereocenters. The second kappa shape index (κ2) is 6.72. The van der Waals surface area contributed by atoms with Crippen molar-refractivity contribution in [2.45, 2.75) is 0 Å². The van der Waals surface area contributed by atoms with Crippen molar-refractivity contribution in [2.75, 3.05) is 31.6 Å². The third-order valence-electron chi connectivity index (χ3n) is 3.30. The Kier molecular flexibility index (Phi) is 4.50. The zero-order chi connectivity index (χ0) is 15.4. The first-order valence-electron chi connectivity index (χ1n) is 6.96. The van der Waals surface area contributed by atoms with E-state index < -0.39 is 0 Å². The molecule has 1 amide bonds. The van der Waals surface area contributed by atoms with E-state index in [1.54, 1.807) is 29.2 Å². The van der Waals surface area contributed by atoms with Crippen LogP contribution in [0.25, 0.3) is 0 Å². The lowest BCUT2D eigenvalue weighted by Gasteiger charge is -2.26. The molecular formula is C15H15ClN4O2. The second-order valence-electron chi connectivity index (χ2n) is 4.84. The first kappa shape index (κ1) is 14.7. The van der Waals surface area contributed by atoms with E-state index in [1.165, 1.54) is 0 Å². The fourth-order valence-corrected chi connectivity index (χ4v) is 2.25. The minimum absolute atomic E-state index is 0.117. The third-order valence-corrected chi connectivity index (χ3v) is 3.55. The van der Waals surface area contributed by atoms with Crippen molar-refractivity contribution in [3.05, 3.63) is 47.1 Å². The maximum Gasteiger partial charge on any atom is 0.274 e. The Bertz CT molecular complexity index is 640. The molecule has 1 N–H and O–H groups in total. The van der Waals surface area contributed by atoms with Gasteiger partial charge in [0.15, 0.2) is 11.5 Å². The number of nitrogens with zero attached hydrogens (tertiary/aromatic N) is 3. The maximum atomic E-state index is 12.2. The Hall–Kier alpha value is -2.18. The Balaban J connectivity index is 1.66. The molecule has 2 heterocycles. The van der Waals surface area contributed by atoms with Crippen LogP contribution in [0.1, 0.15) is 10.5 Å². The Morgan fingerprint density at radius 3 is 2.45 bits per heavy atom. The number of morpholine rings is 1. The van der Waals surface area contributed by atoms with Crippen molar-refractivity contribution < 1.29 is 9.53 Å². The number of aromatic nitrogens is 2. The van der Waals surface area contributed by atoms with E-state index in [4.69, 9.17) is 16.3 Å². The molecule has 0 unspecified atom stereocenters. The van der Waals surface area contributed by atoms with Gasteiger partial charge < -0.3 is 15.0 Å². The molecule has 6 nitrogen and oxygen atoms in total. The summed E-state index contributed by atoms with van der Waals surface area (Å²) in [5.74, 6) is 0.453. The molecule has 3 rings (SSSR count). The predicted molar refractivity (Wildman–Crippen MR) is 83.5 cm³/mol. The third kappa shape index (κ3) is 3.52. The lowest BCUT2D eigenvalue weighted by atomic mass is 10.3. The van der Waals surface area contributed by atoms with Gasteiger partial charge in [-0.1, -0.05) is 11.6 Å². The minimum atomic E-state index is -0.117. The number of rotatable bonds is 3. The van der Waals surface area contributed by atoms with Gasteiger partial charge in [-0.25, -0.2) is 0 Å². The largest absolute Gasteiger partial charge is 0.378 e. The average molecular weight is 319 g/mol. The van der Waals surface area contributed by atoms with Crippen molar-refractivity contribution >= 4 is 29.0 Å². The number of carbonyl (C=O) groups excluding carboxylic acids is 1. The molecule has 22 heavy (non-hydrogen) atoms. The van der Waals surface area contributed by atoms with Crippen molar-refractivity contribution in [3.8, 4) is 0 Å². The van der Waals surface area contributed by atoms with Gasteiger partial charge in [0.1, 0.15) is 0 Å². The van der Waals surface area contributed by atoms with Crippen LogP contribution in [-0.4, -0.2) is 47.3 Å². The highest BCUT2D eigenvalue weighted by atomic mass is 35.5. The van der Waals surface area contributed by atoms with Crippen LogP contribution in [0.4, 0.5) is 11.5 Å². The lowest BCUT2D eigenvalue weighted by molar-refractivity contribution is 0.0298. The van der Waals surface area contributed by atoms with Crippen LogP contribution in [-0.2, 0) is 4.74 Å². The molecule has 0 spiro atoms. The summed E-state index contributed by atoms with van der Waals surface area (Å²) in [5, 5.41) is 11.8. The Morgan fingerprint density at radius 1 is 1.09 bits per heavy atom. The van der Waals surface area contributed by atoms with Crippen LogP contribution in [0, 0.1) is 0 Å². The lowest BCUT2D eigenvalue weighted by Crippen LogP contribution is -2.41. The molecule has 1 aromatic heterocycles. The molecule has 1 aliphatic heterocycles. The second-order valence-corrected chi connectivity index (χ2v) is 5.28. The monoisotopic (exact) mass is 318 g/mol. The smallest absolute Gasteiger partial charge is 0.274 e. The summed E-state index contributed by atoms with van der Waals surface area (Å²) in [5.41, 5.74) is 1.19. The molecule has 0 aliphatic carbocycles. The molecule has 2 aromatic rings. The molecule has 1 saturated heterocycles. The number of hydrogen-bond acceptors (Lipinski definition) is 5. The zero-order valence-corrected chi connectivity index (χ0v) is 12.6. The number of ether oxygens (including phenoxy) is 1. The van der Waals surface area contributed by atoms with Crippen molar-refractivity contribution in [3.63, 3.8) is 0 Å². The molecule has 0 radical (unpaired) electrons. The van der Waals surface area contributed by atoms with E-state index in [9.17, 15) is 4.79 Å². The van der Waals surface area contributed by atoms with Gasteiger partial charge in [-0.05, 0) is 36.4 Å². The topological polar surface area (TPSA) is 67.4 Å². The highest BCUT2D eigenvalue weighted by Gasteiger charge is 2.19. The van der Waals surface area contributed by atoms with Crippen molar-refractivity contribution in [1.82, 2.24) is 15.1 Å².